The first-order chi connectivity index (χ1) is 15.5. The molecule has 8 nitrogen and oxygen atoms in total. The highest BCUT2D eigenvalue weighted by atomic mass is 35.5. The Hall–Kier alpha value is -2.78. The molecule has 0 amide bonds. The van der Waals surface area contributed by atoms with Gasteiger partial charge in [-0.1, -0.05) is 60.7 Å². The van der Waals surface area contributed by atoms with E-state index in [4.69, 9.17) is 55.9 Å². The van der Waals surface area contributed by atoms with Crippen LogP contribution in [0.2, 0.25) is 21.1 Å². The van der Waals surface area contributed by atoms with Crippen LogP contribution in [0.15, 0.2) is 60.7 Å². The number of hydrogen-bond donors (Lipinski definition) is 0. The maximum absolute atomic E-state index is 5.61. The molecule has 4 aromatic rings. The van der Waals surface area contributed by atoms with Crippen molar-refractivity contribution in [2.45, 2.75) is 13.2 Å². The third kappa shape index (κ3) is 8.39. The molecule has 2 heterocycles. The molecule has 12 heteroatoms. The van der Waals surface area contributed by atoms with Crippen molar-refractivity contribution in [1.29, 1.82) is 0 Å². The van der Waals surface area contributed by atoms with Crippen LogP contribution in [0.5, 0.6) is 12.0 Å². The molecule has 0 spiro atoms. The summed E-state index contributed by atoms with van der Waals surface area (Å²) in [6.45, 7) is 0.717. The van der Waals surface area contributed by atoms with E-state index in [-0.39, 0.29) is 33.2 Å². The van der Waals surface area contributed by atoms with E-state index >= 15 is 0 Å². The zero-order valence-corrected chi connectivity index (χ0v) is 19.2. The average molecular weight is 512 g/mol. The molecular weight excluding hydrogens is 498 g/mol. The second-order valence-electron chi connectivity index (χ2n) is 5.86. The van der Waals surface area contributed by atoms with Gasteiger partial charge in [0.05, 0.1) is 0 Å². The molecule has 0 aliphatic carbocycles. The number of benzene rings is 2. The molecule has 164 valence electrons. The summed E-state index contributed by atoms with van der Waals surface area (Å²) in [7, 11) is 0. The fraction of sp³-hybridized carbons (Fsp3) is 0.100. The maximum Gasteiger partial charge on any atom is 0.322 e. The van der Waals surface area contributed by atoms with Crippen LogP contribution in [0.1, 0.15) is 11.1 Å². The first kappa shape index (κ1) is 23.9. The third-order valence-electron chi connectivity index (χ3n) is 3.54. The van der Waals surface area contributed by atoms with E-state index < -0.39 is 0 Å². The normalized spacial score (nSPS) is 10.1. The largest absolute Gasteiger partial charge is 0.458 e. The van der Waals surface area contributed by atoms with Crippen molar-refractivity contribution in [3.05, 3.63) is 92.9 Å². The van der Waals surface area contributed by atoms with Crippen LogP contribution in [0.4, 0.5) is 0 Å². The molecule has 4 rings (SSSR count). The van der Waals surface area contributed by atoms with Gasteiger partial charge in [-0.25, -0.2) is 0 Å². The van der Waals surface area contributed by atoms with Crippen LogP contribution in [-0.2, 0) is 13.2 Å². The highest BCUT2D eigenvalue weighted by molar-refractivity contribution is 6.31. The van der Waals surface area contributed by atoms with Crippen LogP contribution in [0.25, 0.3) is 0 Å². The van der Waals surface area contributed by atoms with E-state index in [0.29, 0.717) is 13.2 Å². The van der Waals surface area contributed by atoms with Crippen molar-refractivity contribution in [2.24, 2.45) is 0 Å². The number of ether oxygens (including phenoxy) is 2. The van der Waals surface area contributed by atoms with E-state index in [9.17, 15) is 0 Å². The zero-order chi connectivity index (χ0) is 22.8. The summed E-state index contributed by atoms with van der Waals surface area (Å²) in [6, 6.07) is 19.5. The molecule has 0 bridgehead atoms. The summed E-state index contributed by atoms with van der Waals surface area (Å²) >= 11 is 22.4. The minimum atomic E-state index is 0.0167. The number of nitrogens with zero attached hydrogens (tertiary/aromatic N) is 6. The van der Waals surface area contributed by atoms with Gasteiger partial charge < -0.3 is 9.47 Å². The van der Waals surface area contributed by atoms with Gasteiger partial charge in [0.1, 0.15) is 13.2 Å². The topological polar surface area (TPSA) is 95.8 Å². The third-order valence-corrected chi connectivity index (χ3v) is 4.22. The second kappa shape index (κ2) is 12.3. The van der Waals surface area contributed by atoms with Gasteiger partial charge in [-0.05, 0) is 57.5 Å². The molecule has 0 aliphatic rings. The highest BCUT2D eigenvalue weighted by Gasteiger charge is 2.05. The fourth-order valence-corrected chi connectivity index (χ4v) is 2.89. The Kier molecular flexibility index (Phi) is 9.18. The van der Waals surface area contributed by atoms with Gasteiger partial charge >= 0.3 is 12.0 Å². The van der Waals surface area contributed by atoms with Crippen molar-refractivity contribution < 1.29 is 9.47 Å². The molecule has 0 saturated heterocycles. The molecule has 0 fully saturated rings. The standard InChI is InChI=1S/2C10H7Cl2N3O/c2*11-8-13-9(12)15-10(14-8)16-6-7-4-2-1-3-5-7/h2*1-5H,6H2. The van der Waals surface area contributed by atoms with E-state index in [1.165, 1.54) is 0 Å². The molecule has 2 aromatic carbocycles. The summed E-state index contributed by atoms with van der Waals surface area (Å²) in [5.74, 6) is 0. The monoisotopic (exact) mass is 510 g/mol. The van der Waals surface area contributed by atoms with E-state index in [1.54, 1.807) is 0 Å². The van der Waals surface area contributed by atoms with Gasteiger partial charge in [0.15, 0.2) is 0 Å². The summed E-state index contributed by atoms with van der Waals surface area (Å²) < 4.78 is 10.6. The summed E-state index contributed by atoms with van der Waals surface area (Å²) in [6.07, 6.45) is 0. The Morgan fingerprint density at radius 2 is 0.781 bits per heavy atom. The Balaban J connectivity index is 0.000000181. The van der Waals surface area contributed by atoms with E-state index in [0.717, 1.165) is 11.1 Å². The predicted molar refractivity (Wildman–Crippen MR) is 121 cm³/mol. The van der Waals surface area contributed by atoms with Crippen molar-refractivity contribution in [2.75, 3.05) is 0 Å². The molecule has 0 saturated carbocycles. The van der Waals surface area contributed by atoms with E-state index in [2.05, 4.69) is 29.9 Å². The highest BCUT2D eigenvalue weighted by Crippen LogP contribution is 2.14. The number of rotatable bonds is 6. The van der Waals surface area contributed by atoms with Crippen molar-refractivity contribution in [1.82, 2.24) is 29.9 Å². The van der Waals surface area contributed by atoms with Gasteiger partial charge in [-0.3, -0.25) is 0 Å². The Morgan fingerprint density at radius 1 is 0.469 bits per heavy atom. The minimum Gasteiger partial charge on any atom is -0.458 e. The van der Waals surface area contributed by atoms with Gasteiger partial charge in [-0.2, -0.15) is 29.9 Å². The second-order valence-corrected chi connectivity index (χ2v) is 7.21. The number of halogens is 4. The first-order valence-corrected chi connectivity index (χ1v) is 10.5. The Morgan fingerprint density at radius 3 is 1.09 bits per heavy atom. The van der Waals surface area contributed by atoms with Crippen LogP contribution < -0.4 is 9.47 Å². The SMILES string of the molecule is Clc1nc(Cl)nc(OCc2ccccc2)n1.Clc1nc(Cl)nc(OCc2ccccc2)n1. The van der Waals surface area contributed by atoms with Gasteiger partial charge in [0.2, 0.25) is 21.1 Å². The average Bonchev–Trinajstić information content (AvgIpc) is 2.77. The van der Waals surface area contributed by atoms with Gasteiger partial charge in [-0.15, -0.1) is 0 Å². The lowest BCUT2D eigenvalue weighted by molar-refractivity contribution is 0.279. The van der Waals surface area contributed by atoms with Gasteiger partial charge in [0.25, 0.3) is 0 Å². The number of hydrogen-bond acceptors (Lipinski definition) is 8. The molecule has 0 radical (unpaired) electrons. The van der Waals surface area contributed by atoms with Gasteiger partial charge in [0, 0.05) is 0 Å². The van der Waals surface area contributed by atoms with E-state index in [1.807, 2.05) is 60.7 Å². The Labute approximate surface area is 203 Å². The van der Waals surface area contributed by atoms with Crippen molar-refractivity contribution in [3.8, 4) is 12.0 Å². The lowest BCUT2D eigenvalue weighted by Gasteiger charge is -2.04. The smallest absolute Gasteiger partial charge is 0.322 e. The van der Waals surface area contributed by atoms with Crippen LogP contribution in [0.3, 0.4) is 0 Å². The summed E-state index contributed by atoms with van der Waals surface area (Å²) in [5.41, 5.74) is 2.02. The first-order valence-electron chi connectivity index (χ1n) is 8.95. The maximum atomic E-state index is 5.61. The lowest BCUT2D eigenvalue weighted by Crippen LogP contribution is -2.00. The Bertz CT molecular complexity index is 1010. The molecule has 2 aromatic heterocycles. The quantitative estimate of drug-likeness (QED) is 0.334. The summed E-state index contributed by atoms with van der Waals surface area (Å²) in [5, 5.41) is 0.0669. The lowest BCUT2D eigenvalue weighted by atomic mass is 10.2. The number of aromatic nitrogens is 6. The predicted octanol–water partition coefficient (Wildman–Crippen LogP) is 5.51. The molecule has 0 N–H and O–H groups in total. The molecular formula is C20H14Cl4N6O2. The minimum absolute atomic E-state index is 0.0167. The van der Waals surface area contributed by atoms with Crippen LogP contribution in [0, 0.1) is 0 Å². The van der Waals surface area contributed by atoms with Crippen LogP contribution >= 0.6 is 46.4 Å². The molecule has 32 heavy (non-hydrogen) atoms. The molecule has 0 aliphatic heterocycles. The van der Waals surface area contributed by atoms with Crippen molar-refractivity contribution >= 4 is 46.4 Å². The van der Waals surface area contributed by atoms with Crippen LogP contribution in [-0.4, -0.2) is 29.9 Å². The van der Waals surface area contributed by atoms with Crippen molar-refractivity contribution in [3.63, 3.8) is 0 Å². The fourth-order valence-electron chi connectivity index (χ4n) is 2.19. The molecule has 0 unspecified atom stereocenters. The molecule has 0 atom stereocenters. The summed E-state index contributed by atoms with van der Waals surface area (Å²) in [4.78, 5) is 22.4. The zero-order valence-electron chi connectivity index (χ0n) is 16.2.